The third-order valence-corrected chi connectivity index (χ3v) is 8.27. The monoisotopic (exact) mass is 628 g/mol. The van der Waals surface area contributed by atoms with Gasteiger partial charge in [0.25, 0.3) is 17.4 Å². The number of aromatic nitrogens is 1. The van der Waals surface area contributed by atoms with E-state index in [9.17, 15) is 33.9 Å². The Labute approximate surface area is 263 Å². The lowest BCUT2D eigenvalue weighted by atomic mass is 9.78. The number of hydrogen-bond donors (Lipinski definition) is 4. The number of nitrogens with two attached hydrogens (primary N) is 1. The molecular weight excluding hydrogens is 596 g/mol. The van der Waals surface area contributed by atoms with E-state index in [1.165, 1.54) is 19.2 Å². The fraction of sp³-hybridized carbons (Fsp3) is 0.303. The van der Waals surface area contributed by atoms with Gasteiger partial charge in [-0.15, -0.1) is 0 Å². The van der Waals surface area contributed by atoms with Crippen molar-refractivity contribution >= 4 is 46.2 Å². The molecule has 2 aromatic carbocycles. The summed E-state index contributed by atoms with van der Waals surface area (Å²) < 4.78 is 10.4. The van der Waals surface area contributed by atoms with Gasteiger partial charge in [0.05, 0.1) is 6.42 Å². The second-order valence-electron chi connectivity index (χ2n) is 11.2. The molecular formula is C33H32N4O9. The van der Waals surface area contributed by atoms with Crippen LogP contribution in [0.15, 0.2) is 78.5 Å². The van der Waals surface area contributed by atoms with Crippen molar-refractivity contribution in [3.8, 4) is 0 Å². The maximum absolute atomic E-state index is 14.3. The summed E-state index contributed by atoms with van der Waals surface area (Å²) in [4.78, 5) is 82.9. The van der Waals surface area contributed by atoms with Gasteiger partial charge in [-0.2, -0.15) is 0 Å². The smallest absolute Gasteiger partial charge is 0.359 e. The molecule has 1 aliphatic carbocycles. The molecule has 1 aliphatic heterocycles. The number of esters is 2. The average molecular weight is 629 g/mol. The number of aliphatic hydroxyl groups is 1. The Morgan fingerprint density at radius 3 is 2.48 bits per heavy atom. The molecule has 0 saturated carbocycles. The average Bonchev–Trinajstić information content (AvgIpc) is 3.30. The second-order valence-corrected chi connectivity index (χ2v) is 11.2. The van der Waals surface area contributed by atoms with Crippen molar-refractivity contribution in [1.29, 1.82) is 0 Å². The summed E-state index contributed by atoms with van der Waals surface area (Å²) in [5, 5.41) is 16.4. The lowest BCUT2D eigenvalue weighted by molar-refractivity contribution is -0.156. The number of aliphatic hydroxyl groups excluding tert-OH is 1. The Balaban J connectivity index is 1.47. The minimum absolute atomic E-state index is 0.0524. The third kappa shape index (κ3) is 6.49. The van der Waals surface area contributed by atoms with Crippen LogP contribution in [0.3, 0.4) is 0 Å². The second kappa shape index (κ2) is 13.3. The molecule has 5 rings (SSSR count). The highest BCUT2D eigenvalue weighted by atomic mass is 16.6. The molecule has 2 aliphatic rings. The van der Waals surface area contributed by atoms with Crippen molar-refractivity contribution in [3.63, 3.8) is 0 Å². The Morgan fingerprint density at radius 1 is 1.07 bits per heavy atom. The van der Waals surface area contributed by atoms with Gasteiger partial charge in [-0.05, 0) is 30.0 Å². The highest BCUT2D eigenvalue weighted by molar-refractivity contribution is 6.14. The molecule has 5 atom stereocenters. The van der Waals surface area contributed by atoms with Gasteiger partial charge in [-0.3, -0.25) is 24.0 Å². The number of rotatable bonds is 9. The number of carbonyl (C=O) groups excluding carboxylic acids is 6. The molecule has 0 radical (unpaired) electrons. The number of benzene rings is 2. The van der Waals surface area contributed by atoms with Crippen molar-refractivity contribution in [2.45, 2.75) is 44.1 Å². The molecule has 13 heteroatoms. The molecule has 2 heterocycles. The van der Waals surface area contributed by atoms with Crippen molar-refractivity contribution in [2.75, 3.05) is 6.54 Å². The predicted molar refractivity (Wildman–Crippen MR) is 161 cm³/mol. The molecule has 0 spiro atoms. The van der Waals surface area contributed by atoms with Crippen LogP contribution in [0.2, 0.25) is 0 Å². The van der Waals surface area contributed by atoms with Gasteiger partial charge in [0.2, 0.25) is 12.2 Å². The lowest BCUT2D eigenvalue weighted by Crippen LogP contribution is -2.57. The van der Waals surface area contributed by atoms with Crippen LogP contribution in [0.5, 0.6) is 0 Å². The van der Waals surface area contributed by atoms with E-state index in [-0.39, 0.29) is 25.1 Å². The lowest BCUT2D eigenvalue weighted by Gasteiger charge is -2.32. The Bertz CT molecular complexity index is 1740. The molecule has 5 unspecified atom stereocenters. The number of Topliss-reactive ketones (excluding diaryl/α,β-unsaturated/α-hetero) is 1. The molecule has 238 valence electrons. The largest absolute Gasteiger partial charge is 0.436 e. The summed E-state index contributed by atoms with van der Waals surface area (Å²) in [6, 6.07) is 15.9. The van der Waals surface area contributed by atoms with Crippen LogP contribution in [0.4, 0.5) is 0 Å². The molecule has 1 saturated heterocycles. The highest BCUT2D eigenvalue weighted by Gasteiger charge is 2.54. The summed E-state index contributed by atoms with van der Waals surface area (Å²) in [6.45, 7) is 1.37. The third-order valence-electron chi connectivity index (χ3n) is 8.27. The molecule has 3 aromatic rings. The normalized spacial score (nSPS) is 23.4. The van der Waals surface area contributed by atoms with Gasteiger partial charge in [-0.1, -0.05) is 61.0 Å². The summed E-state index contributed by atoms with van der Waals surface area (Å²) >= 11 is 0. The highest BCUT2D eigenvalue weighted by Crippen LogP contribution is 2.36. The SMILES string of the molecule is CC(C(=O)NC1CC(=O)OC1O)C1CC(CNC(=O)c2ccccc2)=CCC(OC(=O)c2nccc3ccccc23)(C(N)=O)C1=O. The molecule has 1 fully saturated rings. The number of amides is 3. The number of pyridine rings is 1. The number of primary amides is 1. The van der Waals surface area contributed by atoms with Crippen molar-refractivity contribution in [1.82, 2.24) is 15.6 Å². The van der Waals surface area contributed by atoms with Crippen LogP contribution in [-0.4, -0.2) is 70.0 Å². The number of nitrogens with one attached hydrogen (secondary N) is 2. The maximum atomic E-state index is 14.3. The van der Waals surface area contributed by atoms with E-state index in [0.717, 1.165) is 0 Å². The van der Waals surface area contributed by atoms with E-state index >= 15 is 0 Å². The Morgan fingerprint density at radius 2 is 1.78 bits per heavy atom. The fourth-order valence-corrected chi connectivity index (χ4v) is 5.60. The number of cyclic esters (lactones) is 1. The zero-order valence-electron chi connectivity index (χ0n) is 24.8. The van der Waals surface area contributed by atoms with Crippen LogP contribution >= 0.6 is 0 Å². The summed E-state index contributed by atoms with van der Waals surface area (Å²) in [5.74, 6) is -7.52. The number of nitrogens with zero attached hydrogens (tertiary/aromatic N) is 1. The van der Waals surface area contributed by atoms with Crippen LogP contribution in [0.25, 0.3) is 10.8 Å². The number of ketones is 1. The van der Waals surface area contributed by atoms with Gasteiger partial charge >= 0.3 is 11.9 Å². The zero-order valence-corrected chi connectivity index (χ0v) is 24.8. The van der Waals surface area contributed by atoms with Gasteiger partial charge in [0, 0.05) is 41.9 Å². The number of ether oxygens (including phenoxy) is 2. The van der Waals surface area contributed by atoms with E-state index in [0.29, 0.717) is 21.9 Å². The molecule has 1 aromatic heterocycles. The van der Waals surface area contributed by atoms with Crippen LogP contribution in [0, 0.1) is 11.8 Å². The first kappa shape index (κ1) is 32.0. The minimum atomic E-state index is -2.52. The van der Waals surface area contributed by atoms with Gasteiger partial charge in [0.15, 0.2) is 11.5 Å². The topological polar surface area (TPSA) is 204 Å². The van der Waals surface area contributed by atoms with E-state index in [1.807, 2.05) is 0 Å². The first-order valence-electron chi connectivity index (χ1n) is 14.6. The quantitative estimate of drug-likeness (QED) is 0.152. The van der Waals surface area contributed by atoms with Crippen LogP contribution in [0.1, 0.15) is 47.0 Å². The number of hydrogen-bond acceptors (Lipinski definition) is 10. The predicted octanol–water partition coefficient (Wildman–Crippen LogP) is 1.34. The summed E-state index contributed by atoms with van der Waals surface area (Å²) in [5.41, 5.74) is 4.01. The van der Waals surface area contributed by atoms with Gasteiger partial charge in [-0.25, -0.2) is 9.78 Å². The zero-order chi connectivity index (χ0) is 33.0. The molecule has 46 heavy (non-hydrogen) atoms. The first-order valence-corrected chi connectivity index (χ1v) is 14.6. The summed E-state index contributed by atoms with van der Waals surface area (Å²) in [6.07, 6.45) is 0.466. The van der Waals surface area contributed by atoms with Crippen LogP contribution < -0.4 is 16.4 Å². The molecule has 3 amide bonds. The maximum Gasteiger partial charge on any atom is 0.359 e. The van der Waals surface area contributed by atoms with Gasteiger partial charge in [0.1, 0.15) is 6.04 Å². The number of fused-ring (bicyclic) bond motifs is 1. The van der Waals surface area contributed by atoms with Crippen molar-refractivity contribution in [3.05, 3.63) is 89.8 Å². The molecule has 13 nitrogen and oxygen atoms in total. The minimum Gasteiger partial charge on any atom is -0.436 e. The summed E-state index contributed by atoms with van der Waals surface area (Å²) in [7, 11) is 0. The van der Waals surface area contributed by atoms with Gasteiger partial charge < -0.3 is 30.9 Å². The number of carbonyl (C=O) groups is 6. The van der Waals surface area contributed by atoms with E-state index in [1.54, 1.807) is 60.7 Å². The van der Waals surface area contributed by atoms with E-state index in [2.05, 4.69) is 15.6 Å². The molecule has 5 N–H and O–H groups in total. The first-order chi connectivity index (χ1) is 22.0. The van der Waals surface area contributed by atoms with Crippen molar-refractivity contribution < 1.29 is 43.3 Å². The van der Waals surface area contributed by atoms with E-state index in [4.69, 9.17) is 15.2 Å². The van der Waals surface area contributed by atoms with Crippen LogP contribution in [-0.2, 0) is 28.7 Å². The van der Waals surface area contributed by atoms with E-state index < -0.39 is 71.6 Å². The fourth-order valence-electron chi connectivity index (χ4n) is 5.60. The molecule has 0 bridgehead atoms. The Hall–Kier alpha value is -5.43. The standard InChI is InChI=1S/C33H32N4O9/c1-18(28(40)37-24-16-25(38)45-30(24)42)23-15-19(17-36-29(41)21-8-3-2-4-9-21)11-13-33(27(23)39,32(34)44)46-31(43)26-22-10-6-5-7-20(22)12-14-35-26/h2-12,14,18,23-24,30,42H,13,15-17H2,1H3,(H2,34,44)(H,36,41)(H,37,40). The Kier molecular flexibility index (Phi) is 9.23. The van der Waals surface area contributed by atoms with Crippen molar-refractivity contribution in [2.24, 2.45) is 17.6 Å².